The van der Waals surface area contributed by atoms with E-state index in [1.807, 2.05) is 23.5 Å². The molecule has 0 spiro atoms. The molecule has 38 heavy (non-hydrogen) atoms. The average Bonchev–Trinajstić information content (AvgIpc) is 3.71. The van der Waals surface area contributed by atoms with Crippen LogP contribution in [0.15, 0.2) is 107 Å². The first kappa shape index (κ1) is 22.6. The number of fused-ring (bicyclic) bond motifs is 7. The van der Waals surface area contributed by atoms with Gasteiger partial charge < -0.3 is 0 Å². The van der Waals surface area contributed by atoms with Gasteiger partial charge in [-0.05, 0) is 70.4 Å². The molecule has 6 aromatic rings. The Kier molecular flexibility index (Phi) is 5.42. The van der Waals surface area contributed by atoms with Crippen molar-refractivity contribution < 1.29 is 0 Å². The maximum absolute atomic E-state index is 3.41. The Labute approximate surface area is 238 Å². The number of hydrogen-bond donors (Lipinski definition) is 0. The fourth-order valence-corrected chi connectivity index (χ4v) is 10.2. The topological polar surface area (TPSA) is 0 Å². The van der Waals surface area contributed by atoms with Crippen LogP contribution in [0.4, 0.5) is 0 Å². The summed E-state index contributed by atoms with van der Waals surface area (Å²) < 4.78 is 2.58. The number of rotatable bonds is 0. The van der Waals surface area contributed by atoms with Crippen LogP contribution in [0.2, 0.25) is 0 Å². The summed E-state index contributed by atoms with van der Waals surface area (Å²) in [5.74, 6) is 13.6. The summed E-state index contributed by atoms with van der Waals surface area (Å²) in [7, 11) is 0. The van der Waals surface area contributed by atoms with Crippen molar-refractivity contribution in [3.8, 4) is 23.7 Å². The highest BCUT2D eigenvalue weighted by molar-refractivity contribution is 8.05. The zero-order valence-electron chi connectivity index (χ0n) is 20.0. The monoisotopic (exact) mass is 554 g/mol. The van der Waals surface area contributed by atoms with Gasteiger partial charge in [-0.15, -0.1) is 46.2 Å². The molecule has 0 amide bonds. The van der Waals surface area contributed by atoms with Crippen LogP contribution in [0, 0.1) is 23.7 Å². The molecule has 178 valence electrons. The van der Waals surface area contributed by atoms with Gasteiger partial charge in [0, 0.05) is 30.3 Å². The second-order valence-electron chi connectivity index (χ2n) is 9.38. The van der Waals surface area contributed by atoms with Gasteiger partial charge in [-0.3, -0.25) is 0 Å². The Morgan fingerprint density at radius 3 is 1.42 bits per heavy atom. The summed E-state index contributed by atoms with van der Waals surface area (Å²) in [6.07, 6.45) is 0. The maximum Gasteiger partial charge on any atom is 0.0784 e. The lowest BCUT2D eigenvalue weighted by atomic mass is 10.0. The molecule has 4 aromatic carbocycles. The molecular formula is C34H18S4. The molecule has 0 radical (unpaired) electrons. The highest BCUT2D eigenvalue weighted by Gasteiger charge is 2.41. The van der Waals surface area contributed by atoms with Crippen molar-refractivity contribution in [1.29, 1.82) is 0 Å². The van der Waals surface area contributed by atoms with Crippen LogP contribution < -0.4 is 0 Å². The molecule has 0 nitrogen and oxygen atoms in total. The van der Waals surface area contributed by atoms with Crippen LogP contribution in [-0.2, 0) is 0 Å². The lowest BCUT2D eigenvalue weighted by Gasteiger charge is -2.07. The molecule has 0 N–H and O–H groups in total. The normalized spacial score (nSPS) is 16.8. The molecule has 2 atom stereocenters. The minimum Gasteiger partial charge on any atom is -0.127 e. The number of hydrogen-bond acceptors (Lipinski definition) is 4. The van der Waals surface area contributed by atoms with Gasteiger partial charge >= 0.3 is 0 Å². The Morgan fingerprint density at radius 2 is 0.947 bits per heavy atom. The van der Waals surface area contributed by atoms with E-state index in [0.29, 0.717) is 10.5 Å². The molecule has 4 heterocycles. The van der Waals surface area contributed by atoms with Gasteiger partial charge in [-0.2, -0.15) is 0 Å². The van der Waals surface area contributed by atoms with Gasteiger partial charge in [-0.1, -0.05) is 72.2 Å². The number of thioether (sulfide) groups is 2. The largest absolute Gasteiger partial charge is 0.127 e. The van der Waals surface area contributed by atoms with E-state index in [-0.39, 0.29) is 0 Å². The van der Waals surface area contributed by atoms with Crippen LogP contribution >= 0.6 is 46.2 Å². The summed E-state index contributed by atoms with van der Waals surface area (Å²) in [5, 5.41) is 3.45. The van der Waals surface area contributed by atoms with E-state index in [2.05, 4.69) is 121 Å². The fraction of sp³-hybridized carbons (Fsp3) is 0.0588. The van der Waals surface area contributed by atoms with Crippen LogP contribution in [0.3, 0.4) is 0 Å². The Morgan fingerprint density at radius 1 is 0.474 bits per heavy atom. The van der Waals surface area contributed by atoms with Gasteiger partial charge in [0.2, 0.25) is 0 Å². The smallest absolute Gasteiger partial charge is 0.0784 e. The van der Waals surface area contributed by atoms with E-state index < -0.39 is 0 Å². The van der Waals surface area contributed by atoms with E-state index in [1.165, 1.54) is 41.1 Å². The Bertz CT molecular complexity index is 1800. The second kappa shape index (κ2) is 9.12. The van der Waals surface area contributed by atoms with Gasteiger partial charge in [0.05, 0.1) is 20.3 Å². The summed E-state index contributed by atoms with van der Waals surface area (Å²) in [6, 6.07) is 34.9. The molecule has 2 aliphatic heterocycles. The van der Waals surface area contributed by atoms with Gasteiger partial charge in [-0.25, -0.2) is 0 Å². The quantitative estimate of drug-likeness (QED) is 0.171. The van der Waals surface area contributed by atoms with Crippen LogP contribution in [-0.4, -0.2) is 0 Å². The van der Waals surface area contributed by atoms with Crippen molar-refractivity contribution in [2.24, 2.45) is 0 Å². The van der Waals surface area contributed by atoms with Crippen molar-refractivity contribution in [1.82, 2.24) is 0 Å². The molecule has 2 unspecified atom stereocenters. The predicted octanol–water partition coefficient (Wildman–Crippen LogP) is 9.91. The van der Waals surface area contributed by atoms with Crippen molar-refractivity contribution >= 4 is 66.4 Å². The third-order valence-corrected chi connectivity index (χ3v) is 11.9. The van der Waals surface area contributed by atoms with Crippen LogP contribution in [0.5, 0.6) is 0 Å². The molecule has 8 rings (SSSR count). The Balaban J connectivity index is 1.03. The average molecular weight is 555 g/mol. The first-order valence-electron chi connectivity index (χ1n) is 12.4. The molecule has 2 aliphatic rings. The lowest BCUT2D eigenvalue weighted by Crippen LogP contribution is -1.91. The summed E-state index contributed by atoms with van der Waals surface area (Å²) in [5.41, 5.74) is 5.05. The van der Waals surface area contributed by atoms with E-state index >= 15 is 0 Å². The highest BCUT2D eigenvalue weighted by atomic mass is 32.2. The van der Waals surface area contributed by atoms with Crippen molar-refractivity contribution in [3.63, 3.8) is 0 Å². The zero-order chi connectivity index (χ0) is 25.1. The fourth-order valence-electron chi connectivity index (χ4n) is 5.10. The molecule has 0 saturated carbocycles. The third kappa shape index (κ3) is 3.97. The van der Waals surface area contributed by atoms with E-state index in [0.717, 1.165) is 20.9 Å². The van der Waals surface area contributed by atoms with Gasteiger partial charge in [0.15, 0.2) is 0 Å². The summed E-state index contributed by atoms with van der Waals surface area (Å²) in [4.78, 5) is 4.98. The lowest BCUT2D eigenvalue weighted by molar-refractivity contribution is 0.938. The maximum atomic E-state index is 3.41. The van der Waals surface area contributed by atoms with Crippen molar-refractivity contribution in [2.45, 2.75) is 20.3 Å². The van der Waals surface area contributed by atoms with Crippen LogP contribution in [0.25, 0.3) is 20.2 Å². The third-order valence-electron chi connectivity index (χ3n) is 6.93. The number of thiophene rings is 2. The van der Waals surface area contributed by atoms with Gasteiger partial charge in [0.25, 0.3) is 0 Å². The second-order valence-corrected chi connectivity index (χ2v) is 13.9. The first-order chi connectivity index (χ1) is 18.8. The number of benzene rings is 4. The van der Waals surface area contributed by atoms with E-state index in [4.69, 9.17) is 0 Å². The van der Waals surface area contributed by atoms with Gasteiger partial charge in [0.1, 0.15) is 0 Å². The molecular weight excluding hydrogens is 537 g/mol. The first-order valence-corrected chi connectivity index (χ1v) is 15.8. The zero-order valence-corrected chi connectivity index (χ0v) is 23.3. The molecule has 0 bridgehead atoms. The summed E-state index contributed by atoms with van der Waals surface area (Å²) >= 11 is 7.50. The van der Waals surface area contributed by atoms with Crippen LogP contribution in [0.1, 0.15) is 42.5 Å². The molecule has 0 saturated heterocycles. The molecule has 2 aromatic heterocycles. The predicted molar refractivity (Wildman–Crippen MR) is 166 cm³/mol. The Hall–Kier alpha value is -3.38. The van der Waals surface area contributed by atoms with Crippen molar-refractivity contribution in [3.05, 3.63) is 129 Å². The van der Waals surface area contributed by atoms with E-state index in [1.54, 1.807) is 22.7 Å². The minimum absolute atomic E-state index is 0.459. The SMILES string of the molecule is C(#Cc1cc2ccccc2s1)c1ccc2c(c1)SC1c3ccc(C#Cc4cc5ccccc5s4)cc3SC21. The highest BCUT2D eigenvalue weighted by Crippen LogP contribution is 2.66. The van der Waals surface area contributed by atoms with E-state index in [9.17, 15) is 0 Å². The van der Waals surface area contributed by atoms with Crippen molar-refractivity contribution in [2.75, 3.05) is 0 Å². The minimum atomic E-state index is 0.459. The molecule has 0 aliphatic carbocycles. The molecule has 4 heteroatoms. The standard InChI is InChI=1S/C34H18S4/c1-3-7-29-23(5-1)19-25(35-29)13-9-21-11-15-27-31(17-21)37-34-28-16-12-22(18-32(28)38-33(27)34)10-14-26-20-24-6-2-4-8-30(24)36-26/h1-8,11-12,15-20,33-34H. The molecule has 0 fully saturated rings. The summed E-state index contributed by atoms with van der Waals surface area (Å²) in [6.45, 7) is 0.